The number of rotatable bonds is 5. The Balaban J connectivity index is 1.94. The molecule has 0 bridgehead atoms. The molecule has 0 radical (unpaired) electrons. The molecule has 2 atom stereocenters. The van der Waals surface area contributed by atoms with Crippen LogP contribution < -0.4 is 0 Å². The van der Waals surface area contributed by atoms with Crippen LogP contribution in [0.4, 0.5) is 13.2 Å². The van der Waals surface area contributed by atoms with Gasteiger partial charge < -0.3 is 14.0 Å². The average molecular weight is 422 g/mol. The third-order valence-electron chi connectivity index (χ3n) is 5.04. The fourth-order valence-electron chi connectivity index (χ4n) is 3.57. The van der Waals surface area contributed by atoms with Crippen molar-refractivity contribution >= 4 is 11.9 Å². The number of carbonyl (C=O) groups excluding carboxylic acids is 2. The highest BCUT2D eigenvalue weighted by Crippen LogP contribution is 2.33. The first-order valence-electron chi connectivity index (χ1n) is 9.51. The highest BCUT2D eigenvalue weighted by Gasteiger charge is 2.45. The van der Waals surface area contributed by atoms with Gasteiger partial charge in [-0.15, -0.1) is 0 Å². The third-order valence-corrected chi connectivity index (χ3v) is 5.04. The zero-order chi connectivity index (χ0) is 21.9. The standard InChI is InChI=1S/C22H23F3NO4/c1-26(2)13-12-16(14-26)29-20(27)19(30-21(28)22(23,24)25)18-11-7-6-10-17(18)15-8-4-3-5-9-15/h3-11,16,19H,12-14H2,1-2H3/q+1. The van der Waals surface area contributed by atoms with Crippen molar-refractivity contribution in [3.8, 4) is 11.1 Å². The third kappa shape index (κ3) is 5.18. The van der Waals surface area contributed by atoms with Gasteiger partial charge in [-0.25, -0.2) is 9.59 Å². The summed E-state index contributed by atoms with van der Waals surface area (Å²) in [6.45, 7) is 1.30. The number of likely N-dealkylation sites (tertiary alicyclic amines) is 1. The molecule has 8 heteroatoms. The molecule has 0 N–H and O–H groups in total. The van der Waals surface area contributed by atoms with Gasteiger partial charge in [-0.1, -0.05) is 54.6 Å². The molecule has 0 saturated carbocycles. The molecule has 5 nitrogen and oxygen atoms in total. The van der Waals surface area contributed by atoms with Gasteiger partial charge in [-0.05, 0) is 11.1 Å². The lowest BCUT2D eigenvalue weighted by Crippen LogP contribution is -2.38. The van der Waals surface area contributed by atoms with Gasteiger partial charge in [0, 0.05) is 12.0 Å². The van der Waals surface area contributed by atoms with Crippen LogP contribution in [-0.2, 0) is 19.1 Å². The van der Waals surface area contributed by atoms with Crippen molar-refractivity contribution in [2.24, 2.45) is 0 Å². The molecule has 1 saturated heterocycles. The molecular formula is C22H23F3NO4+. The minimum absolute atomic E-state index is 0.137. The number of carbonyl (C=O) groups is 2. The smallest absolute Gasteiger partial charge is 0.453 e. The van der Waals surface area contributed by atoms with Gasteiger partial charge in [0.15, 0.2) is 6.10 Å². The largest absolute Gasteiger partial charge is 0.490 e. The molecule has 0 amide bonds. The lowest BCUT2D eigenvalue weighted by molar-refractivity contribution is -0.879. The van der Waals surface area contributed by atoms with Crippen LogP contribution in [0.25, 0.3) is 11.1 Å². The molecule has 30 heavy (non-hydrogen) atoms. The topological polar surface area (TPSA) is 52.6 Å². The van der Waals surface area contributed by atoms with E-state index in [1.165, 1.54) is 6.07 Å². The molecule has 1 aliphatic heterocycles. The molecule has 1 fully saturated rings. The lowest BCUT2D eigenvalue weighted by Gasteiger charge is -2.24. The highest BCUT2D eigenvalue weighted by atomic mass is 19.4. The van der Waals surface area contributed by atoms with Gasteiger partial charge in [-0.3, -0.25) is 0 Å². The van der Waals surface area contributed by atoms with Gasteiger partial charge in [0.05, 0.1) is 20.6 Å². The molecule has 0 aromatic heterocycles. The maximum Gasteiger partial charge on any atom is 0.490 e. The number of hydrogen-bond acceptors (Lipinski definition) is 4. The molecule has 160 valence electrons. The molecule has 2 aromatic carbocycles. The van der Waals surface area contributed by atoms with Crippen molar-refractivity contribution in [1.29, 1.82) is 0 Å². The second-order valence-electron chi connectivity index (χ2n) is 7.93. The Kier molecular flexibility index (Phi) is 6.17. The summed E-state index contributed by atoms with van der Waals surface area (Å²) in [5.74, 6) is -3.45. The van der Waals surface area contributed by atoms with E-state index in [1.807, 2.05) is 14.1 Å². The molecular weight excluding hydrogens is 399 g/mol. The normalized spacial score (nSPS) is 19.2. The summed E-state index contributed by atoms with van der Waals surface area (Å²) in [4.78, 5) is 24.5. The first-order valence-corrected chi connectivity index (χ1v) is 9.51. The number of hydrogen-bond donors (Lipinski definition) is 0. The Bertz CT molecular complexity index is 912. The van der Waals surface area contributed by atoms with Crippen LogP contribution in [0.5, 0.6) is 0 Å². The van der Waals surface area contributed by atoms with Crippen LogP contribution in [0.15, 0.2) is 54.6 Å². The van der Waals surface area contributed by atoms with E-state index < -0.39 is 30.3 Å². The second-order valence-corrected chi connectivity index (χ2v) is 7.93. The van der Waals surface area contributed by atoms with Crippen molar-refractivity contribution in [3.63, 3.8) is 0 Å². The number of likely N-dealkylation sites (N-methyl/N-ethyl adjacent to an activating group) is 1. The summed E-state index contributed by atoms with van der Waals surface area (Å²) in [6.07, 6.45) is -6.93. The lowest BCUT2D eigenvalue weighted by atomic mass is 9.96. The molecule has 2 unspecified atom stereocenters. The summed E-state index contributed by atoms with van der Waals surface area (Å²) in [7, 11) is 3.94. The molecule has 0 aliphatic carbocycles. The Morgan fingerprint density at radius 2 is 1.67 bits per heavy atom. The van der Waals surface area contributed by atoms with E-state index in [2.05, 4.69) is 4.74 Å². The van der Waals surface area contributed by atoms with Crippen LogP contribution in [0.1, 0.15) is 18.1 Å². The fraction of sp³-hybridized carbons (Fsp3) is 0.364. The minimum atomic E-state index is -5.23. The van der Waals surface area contributed by atoms with Crippen LogP contribution >= 0.6 is 0 Å². The summed E-state index contributed by atoms with van der Waals surface area (Å²) in [5, 5.41) is 0. The van der Waals surface area contributed by atoms with Crippen molar-refractivity contribution in [3.05, 3.63) is 60.2 Å². The van der Waals surface area contributed by atoms with Crippen LogP contribution in [-0.4, -0.2) is 55.9 Å². The maximum absolute atomic E-state index is 12.9. The van der Waals surface area contributed by atoms with E-state index in [4.69, 9.17) is 4.74 Å². The number of quaternary nitrogens is 1. The van der Waals surface area contributed by atoms with Gasteiger partial charge in [0.2, 0.25) is 6.10 Å². The Hall–Kier alpha value is -2.87. The number of benzene rings is 2. The van der Waals surface area contributed by atoms with Gasteiger partial charge in [0.1, 0.15) is 6.54 Å². The van der Waals surface area contributed by atoms with Crippen molar-refractivity contribution < 1.29 is 36.7 Å². The zero-order valence-corrected chi connectivity index (χ0v) is 16.7. The predicted molar refractivity (Wildman–Crippen MR) is 103 cm³/mol. The average Bonchev–Trinajstić information content (AvgIpc) is 3.04. The van der Waals surface area contributed by atoms with Crippen molar-refractivity contribution in [2.45, 2.75) is 24.8 Å². The van der Waals surface area contributed by atoms with E-state index >= 15 is 0 Å². The van der Waals surface area contributed by atoms with Crippen LogP contribution in [0, 0.1) is 0 Å². The Morgan fingerprint density at radius 3 is 2.27 bits per heavy atom. The van der Waals surface area contributed by atoms with Gasteiger partial charge in [0.25, 0.3) is 0 Å². The minimum Gasteiger partial charge on any atom is -0.453 e. The van der Waals surface area contributed by atoms with E-state index in [1.54, 1.807) is 48.5 Å². The first kappa shape index (κ1) is 21.8. The van der Waals surface area contributed by atoms with E-state index in [0.29, 0.717) is 28.6 Å². The number of esters is 2. The summed E-state index contributed by atoms with van der Waals surface area (Å²) < 4.78 is 49.4. The van der Waals surface area contributed by atoms with E-state index in [-0.39, 0.29) is 5.56 Å². The quantitative estimate of drug-likeness (QED) is 0.542. The zero-order valence-electron chi connectivity index (χ0n) is 16.7. The van der Waals surface area contributed by atoms with Crippen molar-refractivity contribution in [2.75, 3.05) is 27.2 Å². The predicted octanol–water partition coefficient (Wildman–Crippen LogP) is 3.89. The number of nitrogens with zero attached hydrogens (tertiary/aromatic N) is 1. The SMILES string of the molecule is C[N+]1(C)CCC(OC(=O)C(OC(=O)C(F)(F)F)c2ccccc2-c2ccccc2)C1. The fourth-order valence-corrected chi connectivity index (χ4v) is 3.57. The monoisotopic (exact) mass is 422 g/mol. The van der Waals surface area contributed by atoms with Gasteiger partial charge in [-0.2, -0.15) is 13.2 Å². The Morgan fingerprint density at radius 1 is 1.03 bits per heavy atom. The van der Waals surface area contributed by atoms with E-state index in [9.17, 15) is 22.8 Å². The molecule has 3 rings (SSSR count). The molecule has 2 aromatic rings. The Labute approximate surface area is 172 Å². The van der Waals surface area contributed by atoms with Crippen LogP contribution in [0.3, 0.4) is 0 Å². The number of halogens is 3. The molecule has 0 spiro atoms. The second kappa shape index (κ2) is 8.47. The summed E-state index contributed by atoms with van der Waals surface area (Å²) >= 11 is 0. The maximum atomic E-state index is 12.9. The number of ether oxygens (including phenoxy) is 2. The van der Waals surface area contributed by atoms with Crippen LogP contribution in [0.2, 0.25) is 0 Å². The van der Waals surface area contributed by atoms with E-state index in [0.717, 1.165) is 6.54 Å². The first-order chi connectivity index (χ1) is 14.1. The molecule has 1 heterocycles. The summed E-state index contributed by atoms with van der Waals surface area (Å²) in [6, 6.07) is 15.2. The highest BCUT2D eigenvalue weighted by molar-refractivity contribution is 5.85. The molecule has 1 aliphatic rings. The number of alkyl halides is 3. The summed E-state index contributed by atoms with van der Waals surface area (Å²) in [5.41, 5.74) is 1.29. The van der Waals surface area contributed by atoms with Gasteiger partial charge >= 0.3 is 18.1 Å². The van der Waals surface area contributed by atoms with Crippen molar-refractivity contribution in [1.82, 2.24) is 0 Å².